The quantitative estimate of drug-likeness (QED) is 0.802. The van der Waals surface area contributed by atoms with Gasteiger partial charge in [0.05, 0.1) is 6.04 Å². The minimum Gasteiger partial charge on any atom is -0.450 e. The second-order valence-electron chi connectivity index (χ2n) is 6.33. The normalized spacial score (nSPS) is 16.7. The second kappa shape index (κ2) is 8.03. The van der Waals surface area contributed by atoms with Crippen LogP contribution < -0.4 is 4.52 Å². The lowest BCUT2D eigenvalue weighted by Gasteiger charge is -2.28. The molecule has 142 valence electrons. The Kier molecular flexibility index (Phi) is 5.73. The van der Waals surface area contributed by atoms with E-state index < -0.39 is 26.7 Å². The lowest BCUT2D eigenvalue weighted by Crippen LogP contribution is -2.39. The summed E-state index contributed by atoms with van der Waals surface area (Å²) in [5, 5.41) is 0. The maximum atomic E-state index is 14.2. The number of amides is 2. The molecule has 0 radical (unpaired) electrons. The summed E-state index contributed by atoms with van der Waals surface area (Å²) < 4.78 is 33.0. The van der Waals surface area contributed by atoms with Gasteiger partial charge < -0.3 is 19.2 Å². The van der Waals surface area contributed by atoms with Crippen molar-refractivity contribution in [1.82, 2.24) is 9.80 Å². The Morgan fingerprint density at radius 2 is 2.04 bits per heavy atom. The molecule has 1 aliphatic heterocycles. The Morgan fingerprint density at radius 1 is 1.26 bits per heavy atom. The topological polar surface area (TPSA) is 53.0 Å². The Balaban J connectivity index is 2.03. The fourth-order valence-electron chi connectivity index (χ4n) is 3.07. The number of benzene rings is 2. The first kappa shape index (κ1) is 19.3. The van der Waals surface area contributed by atoms with Gasteiger partial charge in [-0.05, 0) is 41.5 Å². The summed E-state index contributed by atoms with van der Waals surface area (Å²) in [4.78, 5) is 24.6. The van der Waals surface area contributed by atoms with Crippen LogP contribution in [0, 0.1) is 11.6 Å². The van der Waals surface area contributed by atoms with Gasteiger partial charge in [0.15, 0.2) is 0 Å². The van der Waals surface area contributed by atoms with Gasteiger partial charge in [-0.15, -0.1) is 0 Å². The Hall–Kier alpha value is -2.50. The van der Waals surface area contributed by atoms with E-state index in [1.54, 1.807) is 43.3 Å². The molecule has 0 aliphatic carbocycles. The molecule has 1 heterocycles. The molecule has 2 amide bonds. The van der Waals surface area contributed by atoms with Crippen molar-refractivity contribution < 1.29 is 23.0 Å². The molecule has 0 spiro atoms. The summed E-state index contributed by atoms with van der Waals surface area (Å²) in [7, 11) is 2.56. The maximum Gasteiger partial charge on any atom is 0.320 e. The summed E-state index contributed by atoms with van der Waals surface area (Å²) in [6.45, 7) is 0.148. The molecule has 3 rings (SSSR count). The molecule has 2 unspecified atom stereocenters. The highest BCUT2D eigenvalue weighted by Crippen LogP contribution is 2.37. The summed E-state index contributed by atoms with van der Waals surface area (Å²) in [5.41, 5.74) is 1.41. The molecule has 1 N–H and O–H groups in total. The molecule has 2 aromatic carbocycles. The SMILES string of the molecule is CN(C)C(=O)N1CC(c2cc(F)ccc2F)=CC1c1cccc(OPO)c1. The summed E-state index contributed by atoms with van der Waals surface area (Å²) in [6.07, 6.45) is 1.75. The van der Waals surface area contributed by atoms with Gasteiger partial charge in [-0.1, -0.05) is 18.2 Å². The van der Waals surface area contributed by atoms with Crippen molar-refractivity contribution in [3.05, 3.63) is 71.3 Å². The van der Waals surface area contributed by atoms with Crippen LogP contribution in [0.15, 0.2) is 48.5 Å². The van der Waals surface area contributed by atoms with Gasteiger partial charge in [-0.2, -0.15) is 0 Å². The molecule has 2 atom stereocenters. The summed E-state index contributed by atoms with van der Waals surface area (Å²) in [6, 6.07) is 9.52. The fraction of sp³-hybridized carbons (Fsp3) is 0.211. The molecule has 0 fully saturated rings. The van der Waals surface area contributed by atoms with E-state index in [1.165, 1.54) is 4.90 Å². The van der Waals surface area contributed by atoms with Gasteiger partial charge in [0.1, 0.15) is 17.4 Å². The highest BCUT2D eigenvalue weighted by Gasteiger charge is 2.32. The fourth-order valence-corrected chi connectivity index (χ4v) is 3.30. The number of urea groups is 1. The molecular weight excluding hydrogens is 373 g/mol. The molecule has 5 nitrogen and oxygen atoms in total. The Morgan fingerprint density at radius 3 is 2.74 bits per heavy atom. The molecule has 27 heavy (non-hydrogen) atoms. The van der Waals surface area contributed by atoms with Crippen LogP contribution in [-0.2, 0) is 0 Å². The van der Waals surface area contributed by atoms with Crippen molar-refractivity contribution >= 4 is 20.6 Å². The van der Waals surface area contributed by atoms with Gasteiger partial charge in [-0.3, -0.25) is 0 Å². The van der Waals surface area contributed by atoms with E-state index in [4.69, 9.17) is 9.42 Å². The predicted octanol–water partition coefficient (Wildman–Crippen LogP) is 3.97. The lowest BCUT2D eigenvalue weighted by atomic mass is 10.0. The number of carbonyl (C=O) groups is 1. The van der Waals surface area contributed by atoms with Crippen LogP contribution in [0.25, 0.3) is 5.57 Å². The molecular formula is C19H19F2N2O3P. The maximum absolute atomic E-state index is 14.2. The first-order chi connectivity index (χ1) is 12.9. The van der Waals surface area contributed by atoms with E-state index in [2.05, 4.69) is 0 Å². The third-order valence-electron chi connectivity index (χ3n) is 4.30. The smallest absolute Gasteiger partial charge is 0.320 e. The molecule has 1 aliphatic rings. The molecule has 0 aromatic heterocycles. The van der Waals surface area contributed by atoms with E-state index in [0.717, 1.165) is 23.8 Å². The zero-order chi connectivity index (χ0) is 19.6. The zero-order valence-corrected chi connectivity index (χ0v) is 15.8. The molecule has 0 saturated heterocycles. The van der Waals surface area contributed by atoms with Crippen LogP contribution >= 0.6 is 9.03 Å². The number of rotatable bonds is 4. The summed E-state index contributed by atoms with van der Waals surface area (Å²) >= 11 is 0. The first-order valence-electron chi connectivity index (χ1n) is 8.20. The zero-order valence-electron chi connectivity index (χ0n) is 14.8. The van der Waals surface area contributed by atoms with Gasteiger partial charge in [0.2, 0.25) is 9.03 Å². The average molecular weight is 392 g/mol. The number of hydrogen-bond acceptors (Lipinski definition) is 3. The minimum absolute atomic E-state index is 0.137. The van der Waals surface area contributed by atoms with Gasteiger partial charge in [-0.25, -0.2) is 13.6 Å². The minimum atomic E-state index is -0.699. The van der Waals surface area contributed by atoms with Crippen LogP contribution in [0.1, 0.15) is 17.2 Å². The van der Waals surface area contributed by atoms with E-state index in [0.29, 0.717) is 11.3 Å². The van der Waals surface area contributed by atoms with Gasteiger partial charge in [0, 0.05) is 26.2 Å². The van der Waals surface area contributed by atoms with E-state index in [-0.39, 0.29) is 18.1 Å². The third-order valence-corrected chi connectivity index (χ3v) is 4.63. The first-order valence-corrected chi connectivity index (χ1v) is 9.06. The number of halogens is 2. The van der Waals surface area contributed by atoms with Gasteiger partial charge in [0.25, 0.3) is 0 Å². The number of nitrogens with zero attached hydrogens (tertiary/aromatic N) is 2. The monoisotopic (exact) mass is 392 g/mol. The van der Waals surface area contributed by atoms with Crippen molar-refractivity contribution in [3.8, 4) is 5.75 Å². The number of carbonyl (C=O) groups excluding carboxylic acids is 1. The standard InChI is InChI=1S/C19H19F2N2O3P/c1-22(2)19(24)23-11-13(16-10-14(20)6-7-17(16)21)9-18(23)12-4-3-5-15(8-12)26-27-25/h3-10,18,25,27H,11H2,1-2H3. The van der Waals surface area contributed by atoms with Crippen molar-refractivity contribution in [2.24, 2.45) is 0 Å². The van der Waals surface area contributed by atoms with Crippen LogP contribution in [0.2, 0.25) is 0 Å². The largest absolute Gasteiger partial charge is 0.450 e. The van der Waals surface area contributed by atoms with E-state index in [9.17, 15) is 13.6 Å². The van der Waals surface area contributed by atoms with Gasteiger partial charge >= 0.3 is 6.03 Å². The Labute approximate surface area is 157 Å². The highest BCUT2D eigenvalue weighted by atomic mass is 31.1. The average Bonchev–Trinajstić information content (AvgIpc) is 3.08. The second-order valence-corrected chi connectivity index (χ2v) is 6.72. The van der Waals surface area contributed by atoms with E-state index in [1.807, 2.05) is 6.07 Å². The van der Waals surface area contributed by atoms with E-state index >= 15 is 0 Å². The molecule has 0 bridgehead atoms. The van der Waals surface area contributed by atoms with Crippen LogP contribution in [-0.4, -0.2) is 41.4 Å². The van der Waals surface area contributed by atoms with Crippen LogP contribution in [0.4, 0.5) is 13.6 Å². The van der Waals surface area contributed by atoms with Crippen molar-refractivity contribution in [2.75, 3.05) is 20.6 Å². The lowest BCUT2D eigenvalue weighted by molar-refractivity contribution is 0.170. The number of hydrogen-bond donors (Lipinski definition) is 1. The van der Waals surface area contributed by atoms with Crippen molar-refractivity contribution in [1.29, 1.82) is 0 Å². The third kappa shape index (κ3) is 4.10. The predicted molar refractivity (Wildman–Crippen MR) is 100 cm³/mol. The van der Waals surface area contributed by atoms with Crippen LogP contribution in [0.3, 0.4) is 0 Å². The van der Waals surface area contributed by atoms with Crippen molar-refractivity contribution in [3.63, 3.8) is 0 Å². The Bertz CT molecular complexity index is 889. The molecule has 2 aromatic rings. The highest BCUT2D eigenvalue weighted by molar-refractivity contribution is 7.25. The molecule has 8 heteroatoms. The van der Waals surface area contributed by atoms with Crippen molar-refractivity contribution in [2.45, 2.75) is 6.04 Å². The van der Waals surface area contributed by atoms with Crippen LogP contribution in [0.5, 0.6) is 5.75 Å². The summed E-state index contributed by atoms with van der Waals surface area (Å²) in [5.74, 6) is -0.621. The molecule has 0 saturated carbocycles.